The molecule has 0 unspecified atom stereocenters. The van der Waals surface area contributed by atoms with Crippen LogP contribution in [-0.2, 0) is 23.9 Å². The van der Waals surface area contributed by atoms with Gasteiger partial charge in [-0.15, -0.1) is 0 Å². The second-order valence-electron chi connectivity index (χ2n) is 11.3. The first-order valence-electron chi connectivity index (χ1n) is 12.1. The van der Waals surface area contributed by atoms with E-state index in [9.17, 15) is 31.5 Å². The zero-order chi connectivity index (χ0) is 26.9. The van der Waals surface area contributed by atoms with Crippen LogP contribution < -0.4 is 0 Å². The molecule has 1 aromatic carbocycles. The molecule has 2 fully saturated rings. The number of ether oxygens (including phenoxy) is 1. The van der Waals surface area contributed by atoms with Gasteiger partial charge in [-0.1, -0.05) is 6.07 Å². The molecule has 3 aliphatic rings. The Morgan fingerprint density at radius 1 is 1.11 bits per heavy atom. The summed E-state index contributed by atoms with van der Waals surface area (Å²) >= 11 is 0. The van der Waals surface area contributed by atoms with Crippen molar-refractivity contribution < 1.29 is 36.3 Å². The second kappa shape index (κ2) is 8.42. The average molecular weight is 527 g/mol. The van der Waals surface area contributed by atoms with Crippen LogP contribution in [0, 0.1) is 17.0 Å². The van der Waals surface area contributed by atoms with E-state index in [-0.39, 0.29) is 29.1 Å². The number of amides is 2. The number of nitrogens with one attached hydrogen (secondary N) is 1. The topological polar surface area (TPSA) is 78.5 Å². The van der Waals surface area contributed by atoms with Crippen molar-refractivity contribution in [3.05, 3.63) is 51.8 Å². The fraction of sp³-hybridized carbons (Fsp3) is 0.560. The molecule has 37 heavy (non-hydrogen) atoms. The fourth-order valence-corrected chi connectivity index (χ4v) is 5.69. The van der Waals surface area contributed by atoms with E-state index in [4.69, 9.17) is 4.74 Å². The smallest absolute Gasteiger partial charge is 0.419 e. The van der Waals surface area contributed by atoms with E-state index in [1.54, 1.807) is 30.6 Å². The van der Waals surface area contributed by atoms with E-state index in [1.165, 1.54) is 0 Å². The standard InChI is InChI=1S/C25H27F5N4O3/c1-23(2,3)37-22(36)33-7-6-15-17(10-33)31-32-20(15)21(35)34-11-24(12-34)8-13(9-24)14-4-5-16(26)19(27)18(14)25(28,29)30/h4-5,13H,6-12H2,1-3H3,(H,31,32). The van der Waals surface area contributed by atoms with Crippen molar-refractivity contribution >= 4 is 12.0 Å². The highest BCUT2D eigenvalue weighted by atomic mass is 19.4. The Bertz CT molecular complexity index is 1250. The third-order valence-corrected chi connectivity index (χ3v) is 7.34. The van der Waals surface area contributed by atoms with Crippen LogP contribution in [0.2, 0.25) is 0 Å². The first-order valence-corrected chi connectivity index (χ1v) is 12.1. The van der Waals surface area contributed by atoms with Crippen LogP contribution >= 0.6 is 0 Å². The van der Waals surface area contributed by atoms with Gasteiger partial charge in [-0.3, -0.25) is 9.89 Å². The Labute approximate surface area is 209 Å². The minimum atomic E-state index is -5.00. The van der Waals surface area contributed by atoms with Gasteiger partial charge < -0.3 is 14.5 Å². The van der Waals surface area contributed by atoms with E-state index in [0.29, 0.717) is 44.6 Å². The number of hydrogen-bond acceptors (Lipinski definition) is 4. The Kier molecular flexibility index (Phi) is 5.80. The largest absolute Gasteiger partial charge is 0.444 e. The molecule has 0 bridgehead atoms. The van der Waals surface area contributed by atoms with Crippen LogP contribution in [0.1, 0.15) is 72.4 Å². The number of carbonyl (C=O) groups is 2. The number of aromatic amines is 1. The van der Waals surface area contributed by atoms with E-state index in [1.807, 2.05) is 0 Å². The number of hydrogen-bond donors (Lipinski definition) is 1. The van der Waals surface area contributed by atoms with Crippen molar-refractivity contribution in [3.63, 3.8) is 0 Å². The van der Waals surface area contributed by atoms with E-state index in [2.05, 4.69) is 10.2 Å². The SMILES string of the molecule is CC(C)(C)OC(=O)N1CCc2c(C(=O)N3CC4(CC(c5ccc(F)c(F)c5C(F)(F)F)C4)C3)n[nH]c2C1. The summed E-state index contributed by atoms with van der Waals surface area (Å²) in [5.74, 6) is -4.23. The lowest BCUT2D eigenvalue weighted by atomic mass is 9.55. The summed E-state index contributed by atoms with van der Waals surface area (Å²) in [5.41, 5.74) is -1.05. The maximum Gasteiger partial charge on any atom is 0.419 e. The predicted molar refractivity (Wildman–Crippen MR) is 121 cm³/mol. The number of nitrogens with zero attached hydrogens (tertiary/aromatic N) is 3. The molecule has 5 rings (SSSR count). The van der Waals surface area contributed by atoms with Gasteiger partial charge in [-0.25, -0.2) is 13.6 Å². The zero-order valence-electron chi connectivity index (χ0n) is 20.6. The molecular formula is C25H27F5N4O3. The Hall–Kier alpha value is -3.18. The Morgan fingerprint density at radius 3 is 2.41 bits per heavy atom. The summed E-state index contributed by atoms with van der Waals surface area (Å²) in [6.07, 6.45) is -4.30. The van der Waals surface area contributed by atoms with Gasteiger partial charge >= 0.3 is 12.3 Å². The number of rotatable bonds is 2. The molecule has 12 heteroatoms. The lowest BCUT2D eigenvalue weighted by Gasteiger charge is -2.59. The number of H-pyrrole nitrogens is 1. The molecular weight excluding hydrogens is 499 g/mol. The van der Waals surface area contributed by atoms with Crippen molar-refractivity contribution in [2.75, 3.05) is 19.6 Å². The molecule has 1 N–H and O–H groups in total. The Balaban J connectivity index is 1.21. The van der Waals surface area contributed by atoms with Crippen molar-refractivity contribution in [2.45, 2.75) is 64.3 Å². The molecule has 1 spiro atoms. The molecule has 1 saturated heterocycles. The minimum Gasteiger partial charge on any atom is -0.444 e. The van der Waals surface area contributed by atoms with Gasteiger partial charge in [0.25, 0.3) is 5.91 Å². The Morgan fingerprint density at radius 2 is 1.78 bits per heavy atom. The zero-order valence-corrected chi connectivity index (χ0v) is 20.6. The lowest BCUT2D eigenvalue weighted by molar-refractivity contribution is -0.142. The summed E-state index contributed by atoms with van der Waals surface area (Å²) in [6.45, 7) is 6.69. The summed E-state index contributed by atoms with van der Waals surface area (Å²) < 4.78 is 73.1. The lowest BCUT2D eigenvalue weighted by Crippen LogP contribution is -2.63. The number of halogens is 5. The normalized spacial score (nSPS) is 19.4. The number of carbonyl (C=O) groups excluding carboxylic acids is 2. The van der Waals surface area contributed by atoms with Crippen molar-refractivity contribution in [2.24, 2.45) is 5.41 Å². The molecule has 3 heterocycles. The third kappa shape index (κ3) is 4.54. The van der Waals surface area contributed by atoms with Crippen molar-refractivity contribution in [3.8, 4) is 0 Å². The molecule has 200 valence electrons. The van der Waals surface area contributed by atoms with Crippen LogP contribution in [0.25, 0.3) is 0 Å². The van der Waals surface area contributed by atoms with Gasteiger partial charge in [0.2, 0.25) is 0 Å². The maximum atomic E-state index is 14.0. The number of likely N-dealkylation sites (tertiary alicyclic amines) is 1. The second-order valence-corrected chi connectivity index (χ2v) is 11.3. The van der Waals surface area contributed by atoms with Crippen LogP contribution in [0.3, 0.4) is 0 Å². The third-order valence-electron chi connectivity index (χ3n) is 7.34. The van der Waals surface area contributed by atoms with Crippen LogP contribution in [0.15, 0.2) is 12.1 Å². The first kappa shape index (κ1) is 25.5. The molecule has 1 saturated carbocycles. The summed E-state index contributed by atoms with van der Waals surface area (Å²) in [5, 5.41) is 7.03. The van der Waals surface area contributed by atoms with Gasteiger partial charge in [0.1, 0.15) is 5.60 Å². The van der Waals surface area contributed by atoms with Gasteiger partial charge in [-0.05, 0) is 57.6 Å². The average Bonchev–Trinajstić information content (AvgIpc) is 3.15. The van der Waals surface area contributed by atoms with E-state index in [0.717, 1.165) is 17.7 Å². The minimum absolute atomic E-state index is 0.238. The maximum absolute atomic E-state index is 14.0. The highest BCUT2D eigenvalue weighted by Crippen LogP contribution is 2.58. The van der Waals surface area contributed by atoms with E-state index >= 15 is 0 Å². The molecule has 1 aliphatic carbocycles. The molecule has 2 aromatic rings. The van der Waals surface area contributed by atoms with Crippen LogP contribution in [-0.4, -0.2) is 57.2 Å². The van der Waals surface area contributed by atoms with Gasteiger partial charge in [0, 0.05) is 30.6 Å². The number of alkyl halides is 3. The molecule has 7 nitrogen and oxygen atoms in total. The molecule has 2 aliphatic heterocycles. The number of aromatic nitrogens is 2. The molecule has 2 amide bonds. The highest BCUT2D eigenvalue weighted by molar-refractivity contribution is 5.94. The molecule has 0 radical (unpaired) electrons. The number of benzene rings is 1. The quantitative estimate of drug-likeness (QED) is 0.558. The summed E-state index contributed by atoms with van der Waals surface area (Å²) in [4.78, 5) is 28.6. The summed E-state index contributed by atoms with van der Waals surface area (Å²) in [6, 6.07) is 1.74. The van der Waals surface area contributed by atoms with Crippen molar-refractivity contribution in [1.82, 2.24) is 20.0 Å². The van der Waals surface area contributed by atoms with Crippen molar-refractivity contribution in [1.29, 1.82) is 0 Å². The predicted octanol–water partition coefficient (Wildman–Crippen LogP) is 5.02. The fourth-order valence-electron chi connectivity index (χ4n) is 5.69. The molecule has 1 aromatic heterocycles. The van der Waals surface area contributed by atoms with Crippen LogP contribution in [0.5, 0.6) is 0 Å². The van der Waals surface area contributed by atoms with Gasteiger partial charge in [0.05, 0.1) is 17.8 Å². The molecule has 0 atom stereocenters. The number of fused-ring (bicyclic) bond motifs is 1. The highest BCUT2D eigenvalue weighted by Gasteiger charge is 2.56. The summed E-state index contributed by atoms with van der Waals surface area (Å²) in [7, 11) is 0. The van der Waals surface area contributed by atoms with Crippen LogP contribution in [0.4, 0.5) is 26.7 Å². The monoisotopic (exact) mass is 526 g/mol. The van der Waals surface area contributed by atoms with E-state index < -0.39 is 41.0 Å². The van der Waals surface area contributed by atoms with Gasteiger partial charge in [0.15, 0.2) is 17.3 Å². The first-order chi connectivity index (χ1) is 17.2. The van der Waals surface area contributed by atoms with Gasteiger partial charge in [-0.2, -0.15) is 18.3 Å².